The molecule has 1 fully saturated rings. The number of amides is 1. The third-order valence-electron chi connectivity index (χ3n) is 3.87. The zero-order valence-corrected chi connectivity index (χ0v) is 12.6. The molecule has 0 aromatic heterocycles. The normalized spacial score (nSPS) is 22.8. The first-order chi connectivity index (χ1) is 9.96. The van der Waals surface area contributed by atoms with Crippen LogP contribution in [-0.4, -0.2) is 57.0 Å². The second-order valence-corrected chi connectivity index (χ2v) is 7.56. The van der Waals surface area contributed by atoms with Crippen molar-refractivity contribution in [2.24, 2.45) is 0 Å². The molecule has 0 spiro atoms. The fraction of sp³-hybridized carbons (Fsp3) is 0.500. The number of ether oxygens (including phenoxy) is 2. The number of sulfone groups is 1. The predicted octanol–water partition coefficient (Wildman–Crippen LogP) is 0.717. The SMILES string of the molecule is CN(C(=O)c1ccc2c(c1)OCCO2)[C@H]1CCS(=O)(=O)C1. The molecule has 0 N–H and O–H groups in total. The Morgan fingerprint density at radius 2 is 1.95 bits per heavy atom. The van der Waals surface area contributed by atoms with Crippen molar-refractivity contribution in [1.82, 2.24) is 4.90 Å². The lowest BCUT2D eigenvalue weighted by molar-refractivity contribution is 0.0746. The highest BCUT2D eigenvalue weighted by Gasteiger charge is 2.33. The number of nitrogens with zero attached hydrogens (tertiary/aromatic N) is 1. The maximum Gasteiger partial charge on any atom is 0.254 e. The van der Waals surface area contributed by atoms with Gasteiger partial charge in [0.25, 0.3) is 5.91 Å². The van der Waals surface area contributed by atoms with E-state index in [2.05, 4.69) is 0 Å². The first-order valence-electron chi connectivity index (χ1n) is 6.83. The Morgan fingerprint density at radius 3 is 2.62 bits per heavy atom. The van der Waals surface area contributed by atoms with Gasteiger partial charge < -0.3 is 14.4 Å². The predicted molar refractivity (Wildman–Crippen MR) is 76.6 cm³/mol. The van der Waals surface area contributed by atoms with Crippen LogP contribution < -0.4 is 9.47 Å². The van der Waals surface area contributed by atoms with E-state index in [0.29, 0.717) is 36.7 Å². The van der Waals surface area contributed by atoms with Crippen LogP contribution in [0.25, 0.3) is 0 Å². The highest BCUT2D eigenvalue weighted by molar-refractivity contribution is 7.91. The zero-order chi connectivity index (χ0) is 15.0. The Kier molecular flexibility index (Phi) is 3.52. The lowest BCUT2D eigenvalue weighted by Gasteiger charge is -2.24. The molecule has 0 bridgehead atoms. The van der Waals surface area contributed by atoms with Gasteiger partial charge in [0.2, 0.25) is 0 Å². The summed E-state index contributed by atoms with van der Waals surface area (Å²) in [6.07, 6.45) is 0.495. The first kappa shape index (κ1) is 14.2. The van der Waals surface area contributed by atoms with Crippen molar-refractivity contribution >= 4 is 15.7 Å². The molecular weight excluding hydrogens is 294 g/mol. The van der Waals surface area contributed by atoms with Gasteiger partial charge in [-0.3, -0.25) is 4.79 Å². The molecule has 0 saturated carbocycles. The van der Waals surface area contributed by atoms with E-state index in [1.165, 1.54) is 4.90 Å². The minimum atomic E-state index is -3.01. The average Bonchev–Trinajstić information content (AvgIpc) is 2.85. The van der Waals surface area contributed by atoms with Gasteiger partial charge in [0, 0.05) is 18.7 Å². The molecule has 1 amide bonds. The summed E-state index contributed by atoms with van der Waals surface area (Å²) in [5, 5.41) is 0. The van der Waals surface area contributed by atoms with Crippen LogP contribution in [0.2, 0.25) is 0 Å². The van der Waals surface area contributed by atoms with E-state index in [1.54, 1.807) is 25.2 Å². The van der Waals surface area contributed by atoms with Crippen LogP contribution in [0.5, 0.6) is 11.5 Å². The van der Waals surface area contributed by atoms with Gasteiger partial charge in [0.1, 0.15) is 13.2 Å². The average molecular weight is 311 g/mol. The van der Waals surface area contributed by atoms with Crippen LogP contribution in [0.3, 0.4) is 0 Å². The van der Waals surface area contributed by atoms with Crippen molar-refractivity contribution in [3.63, 3.8) is 0 Å². The fourth-order valence-corrected chi connectivity index (χ4v) is 4.40. The number of benzene rings is 1. The molecule has 6 nitrogen and oxygen atoms in total. The molecule has 1 atom stereocenters. The van der Waals surface area contributed by atoms with Crippen molar-refractivity contribution in [3.05, 3.63) is 23.8 Å². The van der Waals surface area contributed by atoms with Gasteiger partial charge in [-0.1, -0.05) is 0 Å². The molecule has 0 radical (unpaired) electrons. The number of carbonyl (C=O) groups is 1. The van der Waals surface area contributed by atoms with Crippen molar-refractivity contribution in [2.45, 2.75) is 12.5 Å². The van der Waals surface area contributed by atoms with E-state index >= 15 is 0 Å². The van der Waals surface area contributed by atoms with E-state index in [1.807, 2.05) is 0 Å². The molecule has 7 heteroatoms. The van der Waals surface area contributed by atoms with Crippen LogP contribution in [-0.2, 0) is 9.84 Å². The summed E-state index contributed by atoms with van der Waals surface area (Å²) in [5.74, 6) is 1.17. The molecule has 0 unspecified atom stereocenters. The maximum absolute atomic E-state index is 12.5. The molecule has 114 valence electrons. The van der Waals surface area contributed by atoms with Gasteiger partial charge >= 0.3 is 0 Å². The molecule has 1 saturated heterocycles. The van der Waals surface area contributed by atoms with Crippen LogP contribution in [0.15, 0.2) is 18.2 Å². The molecule has 1 aromatic carbocycles. The van der Waals surface area contributed by atoms with Crippen molar-refractivity contribution in [2.75, 3.05) is 31.8 Å². The smallest absolute Gasteiger partial charge is 0.254 e. The summed E-state index contributed by atoms with van der Waals surface area (Å²) >= 11 is 0. The van der Waals surface area contributed by atoms with Crippen molar-refractivity contribution in [3.8, 4) is 11.5 Å². The monoisotopic (exact) mass is 311 g/mol. The van der Waals surface area contributed by atoms with Crippen molar-refractivity contribution < 1.29 is 22.7 Å². The van der Waals surface area contributed by atoms with Gasteiger partial charge in [-0.05, 0) is 24.6 Å². The Labute approximate surface area is 123 Å². The van der Waals surface area contributed by atoms with Gasteiger partial charge in [0.05, 0.1) is 11.5 Å². The zero-order valence-electron chi connectivity index (χ0n) is 11.7. The number of fused-ring (bicyclic) bond motifs is 1. The topological polar surface area (TPSA) is 72.9 Å². The van der Waals surface area contributed by atoms with E-state index in [4.69, 9.17) is 9.47 Å². The summed E-state index contributed by atoms with van der Waals surface area (Å²) < 4.78 is 33.9. The lowest BCUT2D eigenvalue weighted by Crippen LogP contribution is -2.37. The first-order valence-corrected chi connectivity index (χ1v) is 8.66. The highest BCUT2D eigenvalue weighted by Crippen LogP contribution is 2.31. The van der Waals surface area contributed by atoms with E-state index in [0.717, 1.165) is 0 Å². The summed E-state index contributed by atoms with van der Waals surface area (Å²) in [4.78, 5) is 14.0. The molecule has 1 aromatic rings. The second-order valence-electron chi connectivity index (χ2n) is 5.33. The van der Waals surface area contributed by atoms with Crippen LogP contribution in [0, 0.1) is 0 Å². The Bertz CT molecular complexity index is 670. The summed E-state index contributed by atoms with van der Waals surface area (Å²) in [6.45, 7) is 0.960. The van der Waals surface area contributed by atoms with E-state index in [-0.39, 0.29) is 23.5 Å². The summed E-state index contributed by atoms with van der Waals surface area (Å²) in [7, 11) is -1.37. The van der Waals surface area contributed by atoms with Gasteiger partial charge in [-0.25, -0.2) is 8.42 Å². The molecule has 2 aliphatic heterocycles. The third kappa shape index (κ3) is 2.83. The molecule has 3 rings (SSSR count). The highest BCUT2D eigenvalue weighted by atomic mass is 32.2. The largest absolute Gasteiger partial charge is 0.486 e. The third-order valence-corrected chi connectivity index (χ3v) is 5.62. The van der Waals surface area contributed by atoms with E-state index in [9.17, 15) is 13.2 Å². The van der Waals surface area contributed by atoms with Gasteiger partial charge in [0.15, 0.2) is 21.3 Å². The number of carbonyl (C=O) groups excluding carboxylic acids is 1. The minimum absolute atomic E-state index is 0.0415. The standard InChI is InChI=1S/C14H17NO5S/c1-15(11-4-7-21(17,18)9-11)14(16)10-2-3-12-13(8-10)20-6-5-19-12/h2-3,8,11H,4-7,9H2,1H3/t11-/m0/s1. The Morgan fingerprint density at radius 1 is 1.24 bits per heavy atom. The molecule has 0 aliphatic carbocycles. The van der Waals surface area contributed by atoms with Gasteiger partial charge in [-0.15, -0.1) is 0 Å². The van der Waals surface area contributed by atoms with Crippen LogP contribution in [0.1, 0.15) is 16.8 Å². The number of hydrogen-bond acceptors (Lipinski definition) is 5. The molecule has 2 aliphatic rings. The summed E-state index contributed by atoms with van der Waals surface area (Å²) in [6, 6.07) is 4.78. The maximum atomic E-state index is 12.5. The van der Waals surface area contributed by atoms with Gasteiger partial charge in [-0.2, -0.15) is 0 Å². The van der Waals surface area contributed by atoms with Crippen molar-refractivity contribution in [1.29, 1.82) is 0 Å². The summed E-state index contributed by atoms with van der Waals surface area (Å²) in [5.41, 5.74) is 0.478. The lowest BCUT2D eigenvalue weighted by atomic mass is 10.1. The molecule has 21 heavy (non-hydrogen) atoms. The van der Waals surface area contributed by atoms with E-state index < -0.39 is 9.84 Å². The Hall–Kier alpha value is -1.76. The minimum Gasteiger partial charge on any atom is -0.486 e. The van der Waals surface area contributed by atoms with Crippen LogP contribution in [0.4, 0.5) is 0 Å². The molecular formula is C14H17NO5S. The number of rotatable bonds is 2. The van der Waals surface area contributed by atoms with Crippen LogP contribution >= 0.6 is 0 Å². The molecule has 2 heterocycles. The Balaban J connectivity index is 1.79. The number of hydrogen-bond donors (Lipinski definition) is 0. The quantitative estimate of drug-likeness (QED) is 0.804. The fourth-order valence-electron chi connectivity index (χ4n) is 2.63. The second kappa shape index (κ2) is 5.22.